The van der Waals surface area contributed by atoms with Gasteiger partial charge in [-0.05, 0) is 75.8 Å². The van der Waals surface area contributed by atoms with Crippen LogP contribution in [0.2, 0.25) is 0 Å². The van der Waals surface area contributed by atoms with Crippen molar-refractivity contribution < 1.29 is 24.2 Å². The topological polar surface area (TPSA) is 109 Å². The number of carbonyl (C=O) groups excluding carboxylic acids is 2. The fraction of sp³-hybridized carbons (Fsp3) is 0.385. The van der Waals surface area contributed by atoms with E-state index in [0.29, 0.717) is 22.3 Å². The summed E-state index contributed by atoms with van der Waals surface area (Å²) in [6.07, 6.45) is 3.82. The molecule has 1 fully saturated rings. The summed E-state index contributed by atoms with van der Waals surface area (Å²) in [6.45, 7) is 6.04. The lowest BCUT2D eigenvalue weighted by Gasteiger charge is -2.33. The van der Waals surface area contributed by atoms with E-state index in [1.165, 1.54) is 22.7 Å². The molecule has 0 spiro atoms. The van der Waals surface area contributed by atoms with Gasteiger partial charge < -0.3 is 20.1 Å². The van der Waals surface area contributed by atoms with Crippen LogP contribution in [0, 0.1) is 11.8 Å². The van der Waals surface area contributed by atoms with Gasteiger partial charge in [-0.2, -0.15) is 0 Å². The maximum absolute atomic E-state index is 13.6. The molecule has 0 saturated heterocycles. The molecule has 3 heterocycles. The number of ether oxygens (including phenoxy) is 1. The number of carboxylic acid groups (broad SMARTS) is 1. The Morgan fingerprint density at radius 1 is 1.08 bits per heavy atom. The highest BCUT2D eigenvalue weighted by Gasteiger charge is 2.33. The number of rotatable bonds is 7. The highest BCUT2D eigenvalue weighted by molar-refractivity contribution is 7.25. The summed E-state index contributed by atoms with van der Waals surface area (Å²) < 4.78 is 5.13. The zero-order valence-corrected chi connectivity index (χ0v) is 22.0. The van der Waals surface area contributed by atoms with Gasteiger partial charge in [0.25, 0.3) is 5.91 Å². The summed E-state index contributed by atoms with van der Waals surface area (Å²) in [6, 6.07) is 10.4. The molecule has 4 rings (SSSR count). The number of nitrogens with one attached hydrogen (secondary N) is 1. The number of amides is 2. The van der Waals surface area contributed by atoms with Gasteiger partial charge in [0, 0.05) is 23.0 Å². The molecule has 0 unspecified atom stereocenters. The van der Waals surface area contributed by atoms with E-state index in [4.69, 9.17) is 4.74 Å². The van der Waals surface area contributed by atoms with Gasteiger partial charge in [0.15, 0.2) is 0 Å². The number of nitrogens with zero attached hydrogens (tertiary/aromatic N) is 2. The largest absolute Gasteiger partial charge is 0.512 e. The Morgan fingerprint density at radius 3 is 2.47 bits per heavy atom. The van der Waals surface area contributed by atoms with Crippen molar-refractivity contribution in [1.29, 1.82) is 0 Å². The van der Waals surface area contributed by atoms with Crippen molar-refractivity contribution in [3.05, 3.63) is 48.3 Å². The average Bonchev–Trinajstić information content (AvgIpc) is 3.47. The summed E-state index contributed by atoms with van der Waals surface area (Å²) in [5, 5.41) is 13.0. The summed E-state index contributed by atoms with van der Waals surface area (Å²) in [5.74, 6) is 0.223. The predicted molar refractivity (Wildman–Crippen MR) is 142 cm³/mol. The number of thiophene rings is 2. The second-order valence-corrected chi connectivity index (χ2v) is 11.3. The summed E-state index contributed by atoms with van der Waals surface area (Å²) in [4.78, 5) is 44.8. The van der Waals surface area contributed by atoms with Gasteiger partial charge in [0.2, 0.25) is 11.0 Å². The lowest BCUT2D eigenvalue weighted by molar-refractivity contribution is -0.123. The van der Waals surface area contributed by atoms with Crippen molar-refractivity contribution in [2.45, 2.75) is 52.5 Å². The molecule has 3 aromatic rings. The van der Waals surface area contributed by atoms with Crippen LogP contribution in [0.4, 0.5) is 15.5 Å². The lowest BCUT2D eigenvalue weighted by Crippen LogP contribution is -2.42. The number of hydrogen-bond acceptors (Lipinski definition) is 7. The van der Waals surface area contributed by atoms with Crippen molar-refractivity contribution in [1.82, 2.24) is 4.98 Å². The number of aromatic nitrogens is 1. The summed E-state index contributed by atoms with van der Waals surface area (Å²) in [5.41, 5.74) is 0.773. The molecule has 8 nitrogen and oxygen atoms in total. The van der Waals surface area contributed by atoms with Crippen LogP contribution in [0.3, 0.4) is 0 Å². The third-order valence-electron chi connectivity index (χ3n) is 6.22. The first kappa shape index (κ1) is 25.8. The quantitative estimate of drug-likeness (QED) is 0.329. The van der Waals surface area contributed by atoms with Crippen LogP contribution < -0.4 is 15.0 Å². The lowest BCUT2D eigenvalue weighted by atomic mass is 9.82. The monoisotopic (exact) mass is 527 g/mol. The fourth-order valence-corrected chi connectivity index (χ4v) is 6.35. The van der Waals surface area contributed by atoms with E-state index in [9.17, 15) is 19.5 Å². The Labute approximate surface area is 217 Å². The molecule has 0 aromatic carbocycles. The molecule has 1 saturated carbocycles. The molecular formula is C26H29N3O5S2. The van der Waals surface area contributed by atoms with Crippen molar-refractivity contribution in [2.75, 3.05) is 10.2 Å². The molecule has 3 aromatic heterocycles. The van der Waals surface area contributed by atoms with Crippen molar-refractivity contribution in [3.8, 4) is 14.8 Å². The van der Waals surface area contributed by atoms with E-state index >= 15 is 0 Å². The Bertz CT molecular complexity index is 1230. The van der Waals surface area contributed by atoms with Gasteiger partial charge in [-0.1, -0.05) is 24.3 Å². The Hall–Kier alpha value is -3.24. The highest BCUT2D eigenvalue weighted by Crippen LogP contribution is 2.47. The minimum absolute atomic E-state index is 0.00554. The van der Waals surface area contributed by atoms with Gasteiger partial charge in [-0.15, -0.1) is 11.3 Å². The Balaban J connectivity index is 1.61. The molecule has 10 heteroatoms. The van der Waals surface area contributed by atoms with Gasteiger partial charge in [-0.25, -0.2) is 4.79 Å². The number of carbonyl (C=O) groups is 3. The second kappa shape index (κ2) is 11.2. The molecule has 36 heavy (non-hydrogen) atoms. The van der Waals surface area contributed by atoms with E-state index < -0.39 is 6.16 Å². The SMILES string of the molecule is CC(C)N(c1cc(-c2ccc(NC(=O)c3ccccn3)s2)sc1OC(=O)O)C(=O)[C@H]1CC[C@H](C)CC1. The van der Waals surface area contributed by atoms with Gasteiger partial charge >= 0.3 is 6.16 Å². The molecule has 0 atom stereocenters. The first-order valence-corrected chi connectivity index (χ1v) is 13.6. The zero-order valence-electron chi connectivity index (χ0n) is 20.4. The van der Waals surface area contributed by atoms with Crippen LogP contribution >= 0.6 is 22.7 Å². The van der Waals surface area contributed by atoms with Gasteiger partial charge in [-0.3, -0.25) is 14.6 Å². The maximum Gasteiger partial charge on any atom is 0.512 e. The van der Waals surface area contributed by atoms with Crippen LogP contribution in [0.25, 0.3) is 9.75 Å². The van der Waals surface area contributed by atoms with Crippen LogP contribution in [-0.2, 0) is 4.79 Å². The van der Waals surface area contributed by atoms with Crippen LogP contribution in [0.15, 0.2) is 42.6 Å². The molecule has 0 bridgehead atoms. The molecule has 2 amide bonds. The predicted octanol–water partition coefficient (Wildman–Crippen LogP) is 6.75. The third kappa shape index (κ3) is 5.93. The van der Waals surface area contributed by atoms with Gasteiger partial charge in [0.05, 0.1) is 15.6 Å². The second-order valence-electron chi connectivity index (χ2n) is 9.24. The van der Waals surface area contributed by atoms with Crippen molar-refractivity contribution in [3.63, 3.8) is 0 Å². The third-order valence-corrected chi connectivity index (χ3v) is 8.42. The molecule has 1 aliphatic carbocycles. The van der Waals surface area contributed by atoms with E-state index in [-0.39, 0.29) is 28.8 Å². The number of pyridine rings is 1. The number of anilines is 2. The normalized spacial score (nSPS) is 17.6. The van der Waals surface area contributed by atoms with Crippen LogP contribution in [0.1, 0.15) is 56.9 Å². The number of hydrogen-bond donors (Lipinski definition) is 2. The summed E-state index contributed by atoms with van der Waals surface area (Å²) >= 11 is 2.52. The molecular weight excluding hydrogens is 498 g/mol. The molecule has 2 N–H and O–H groups in total. The molecule has 190 valence electrons. The minimum atomic E-state index is -1.43. The molecule has 0 aliphatic heterocycles. The zero-order chi connectivity index (χ0) is 25.8. The Morgan fingerprint density at radius 2 is 1.83 bits per heavy atom. The fourth-order valence-electron chi connectivity index (χ4n) is 4.37. The van der Waals surface area contributed by atoms with Crippen molar-refractivity contribution >= 4 is 51.3 Å². The first-order chi connectivity index (χ1) is 17.2. The first-order valence-electron chi connectivity index (χ1n) is 11.9. The smallest absolute Gasteiger partial charge is 0.449 e. The van der Waals surface area contributed by atoms with E-state index in [2.05, 4.69) is 17.2 Å². The minimum Gasteiger partial charge on any atom is -0.449 e. The highest BCUT2D eigenvalue weighted by atomic mass is 32.1. The van der Waals surface area contributed by atoms with Gasteiger partial charge in [0.1, 0.15) is 5.69 Å². The van der Waals surface area contributed by atoms with E-state index in [1.54, 1.807) is 35.4 Å². The van der Waals surface area contributed by atoms with E-state index in [0.717, 1.165) is 35.4 Å². The molecule has 0 radical (unpaired) electrons. The Kier molecular flexibility index (Phi) is 8.05. The van der Waals surface area contributed by atoms with Crippen molar-refractivity contribution in [2.24, 2.45) is 11.8 Å². The average molecular weight is 528 g/mol. The standard InChI is InChI=1S/C26H29N3O5S2/c1-15(2)29(24(31)17-9-7-16(3)8-10-17)19-14-21(36-25(19)34-26(32)33)20-11-12-22(35-20)28-23(30)18-6-4-5-13-27-18/h4-6,11-17H,7-10H2,1-3H3,(H,28,30)(H,32,33)/t16-,17-. The van der Waals surface area contributed by atoms with Crippen LogP contribution in [0.5, 0.6) is 5.06 Å². The summed E-state index contributed by atoms with van der Waals surface area (Å²) in [7, 11) is 0. The molecule has 1 aliphatic rings. The van der Waals surface area contributed by atoms with Crippen LogP contribution in [-0.4, -0.2) is 34.1 Å². The maximum atomic E-state index is 13.6. The van der Waals surface area contributed by atoms with E-state index in [1.807, 2.05) is 26.0 Å².